The van der Waals surface area contributed by atoms with Crippen molar-refractivity contribution in [2.24, 2.45) is 0 Å². The molecule has 7 aromatic rings. The maximum atomic E-state index is 10.0. The van der Waals surface area contributed by atoms with Gasteiger partial charge in [0.2, 0.25) is 0 Å². The van der Waals surface area contributed by atoms with Gasteiger partial charge in [0.25, 0.3) is 0 Å². The summed E-state index contributed by atoms with van der Waals surface area (Å²) in [5.74, 6) is 0.975. The summed E-state index contributed by atoms with van der Waals surface area (Å²) in [4.78, 5) is 14.8. The molecule has 1 atom stereocenters. The number of benzene rings is 6. The second-order valence-corrected chi connectivity index (χ2v) is 11.8. The third kappa shape index (κ3) is 10.2. The van der Waals surface area contributed by atoms with Crippen LogP contribution in [0.2, 0.25) is 0 Å². The zero-order chi connectivity index (χ0) is 32.4. The van der Waals surface area contributed by atoms with Gasteiger partial charge in [-0.25, -0.2) is 4.98 Å². The van der Waals surface area contributed by atoms with Crippen LogP contribution in [0.3, 0.4) is 0 Å². The van der Waals surface area contributed by atoms with E-state index in [9.17, 15) is 4.79 Å². The second-order valence-electron chi connectivity index (χ2n) is 9.68. The molecule has 0 saturated carbocycles. The van der Waals surface area contributed by atoms with Gasteiger partial charge < -0.3 is 11.1 Å². The van der Waals surface area contributed by atoms with Gasteiger partial charge in [0, 0.05) is 22.5 Å². The molecule has 0 aliphatic rings. The Balaban J connectivity index is 0.000000165. The fraction of sp³-hybridized carbons (Fsp3) is 0. The summed E-state index contributed by atoms with van der Waals surface area (Å²) < 4.78 is 2.21. The van der Waals surface area contributed by atoms with Gasteiger partial charge in [-0.05, 0) is 48.5 Å². The molecular weight excluding hydrogens is 697 g/mol. The van der Waals surface area contributed by atoms with Gasteiger partial charge >= 0.3 is 0 Å². The molecule has 1 aromatic heterocycles. The summed E-state index contributed by atoms with van der Waals surface area (Å²) in [5, 5.41) is 3.25. The number of nitrogens with two attached hydrogens (primary N) is 1. The van der Waals surface area contributed by atoms with Gasteiger partial charge in [0.15, 0.2) is 0 Å². The van der Waals surface area contributed by atoms with E-state index in [2.05, 4.69) is 86.5 Å². The molecule has 0 bridgehead atoms. The van der Waals surface area contributed by atoms with Crippen LogP contribution in [0.4, 0.5) is 17.1 Å². The number of halogens is 1. The summed E-state index contributed by atoms with van der Waals surface area (Å²) >= 11 is 2.09. The zero-order valence-corrected chi connectivity index (χ0v) is 28.2. The molecule has 226 valence electrons. The maximum absolute atomic E-state index is 10.0. The van der Waals surface area contributed by atoms with E-state index < -0.39 is 0 Å². The number of rotatable bonds is 5. The maximum Gasteiger partial charge on any atom is 0.150 e. The molecular formula is C38H33BIN4OP. The van der Waals surface area contributed by atoms with Crippen molar-refractivity contribution in [3.8, 4) is 17.1 Å². The minimum atomic E-state index is 0.553. The molecule has 0 fully saturated rings. The fourth-order valence-electron chi connectivity index (χ4n) is 4.46. The molecule has 2 radical (unpaired) electrons. The predicted octanol–water partition coefficient (Wildman–Crippen LogP) is 10.3. The number of nitrogens with zero attached hydrogens (tertiary/aromatic N) is 2. The number of para-hydroxylation sites is 6. The van der Waals surface area contributed by atoms with Crippen LogP contribution in [0, 0.1) is 0 Å². The summed E-state index contributed by atoms with van der Waals surface area (Å²) in [6, 6.07) is 55.7. The van der Waals surface area contributed by atoms with E-state index >= 15 is 0 Å². The Bertz CT molecular complexity index is 1890. The Kier molecular flexibility index (Phi) is 14.1. The van der Waals surface area contributed by atoms with Crippen molar-refractivity contribution in [2.45, 2.75) is 0 Å². The molecule has 7 rings (SSSR count). The normalized spacial score (nSPS) is 10.0. The van der Waals surface area contributed by atoms with Crippen LogP contribution in [0.5, 0.6) is 0 Å². The zero-order valence-electron chi connectivity index (χ0n) is 25.1. The topological polar surface area (TPSA) is 72.9 Å². The Morgan fingerprint density at radius 1 is 0.674 bits per heavy atom. The van der Waals surface area contributed by atoms with Crippen molar-refractivity contribution < 1.29 is 4.79 Å². The molecule has 5 nitrogen and oxygen atoms in total. The largest absolute Gasteiger partial charge is 0.397 e. The van der Waals surface area contributed by atoms with Crippen molar-refractivity contribution in [1.82, 2.24) is 9.55 Å². The molecule has 0 spiro atoms. The van der Waals surface area contributed by atoms with Gasteiger partial charge in [-0.1, -0.05) is 143 Å². The summed E-state index contributed by atoms with van der Waals surface area (Å²) in [5.41, 5.74) is 13.7. The third-order valence-electron chi connectivity index (χ3n) is 6.56. The Morgan fingerprint density at radius 3 is 1.76 bits per heavy atom. The lowest BCUT2D eigenvalue weighted by Crippen LogP contribution is -1.96. The number of nitrogens with one attached hydrogen (secondary N) is 1. The first-order valence-electron chi connectivity index (χ1n) is 14.5. The second kappa shape index (κ2) is 18.9. The van der Waals surface area contributed by atoms with Crippen LogP contribution in [0.15, 0.2) is 170 Å². The number of hydrogen-bond acceptors (Lipinski definition) is 4. The number of imidazole rings is 1. The van der Waals surface area contributed by atoms with Crippen molar-refractivity contribution in [3.63, 3.8) is 0 Å². The van der Waals surface area contributed by atoms with E-state index in [-0.39, 0.29) is 0 Å². The monoisotopic (exact) mass is 730 g/mol. The molecule has 8 heteroatoms. The highest BCUT2D eigenvalue weighted by Crippen LogP contribution is 2.28. The van der Waals surface area contributed by atoms with E-state index in [4.69, 9.17) is 18.3 Å². The Morgan fingerprint density at radius 2 is 1.17 bits per heavy atom. The first-order valence-corrected chi connectivity index (χ1v) is 18.6. The average Bonchev–Trinajstić information content (AvgIpc) is 3.52. The van der Waals surface area contributed by atoms with E-state index in [0.717, 1.165) is 57.0 Å². The van der Waals surface area contributed by atoms with Crippen molar-refractivity contribution in [1.29, 1.82) is 0 Å². The number of hydrogen-bond donors (Lipinski definition) is 2. The summed E-state index contributed by atoms with van der Waals surface area (Å²) in [7, 11) is 4.86. The predicted molar refractivity (Wildman–Crippen MR) is 207 cm³/mol. The fourth-order valence-corrected chi connectivity index (χ4v) is 4.46. The number of carbonyl (C=O) groups is 1. The lowest BCUT2D eigenvalue weighted by Gasteiger charge is -2.09. The molecule has 1 unspecified atom stereocenters. The van der Waals surface area contributed by atoms with Gasteiger partial charge in [-0.2, -0.15) is 0 Å². The molecule has 0 aliphatic heterocycles. The lowest BCUT2D eigenvalue weighted by atomic mass is 10.2. The molecule has 3 N–H and O–H groups in total. The number of nitrogen functional groups attached to an aromatic ring is 1. The number of fused-ring (bicyclic) bond motifs is 1. The van der Waals surface area contributed by atoms with E-state index in [0.29, 0.717) is 6.10 Å². The van der Waals surface area contributed by atoms with Crippen LogP contribution in [0.25, 0.3) is 28.1 Å². The lowest BCUT2D eigenvalue weighted by molar-refractivity contribution is 0.112. The Hall–Kier alpha value is -4.72. The molecule has 0 aliphatic carbocycles. The summed E-state index contributed by atoms with van der Waals surface area (Å²) in [6.45, 7) is 0. The smallest absolute Gasteiger partial charge is 0.150 e. The summed E-state index contributed by atoms with van der Waals surface area (Å²) in [6.07, 6.45) is 1.39. The van der Waals surface area contributed by atoms with E-state index in [1.54, 1.807) is 12.1 Å². The van der Waals surface area contributed by atoms with Crippen LogP contribution >= 0.6 is 28.1 Å². The highest BCUT2D eigenvalue weighted by atomic mass is 127. The quantitative estimate of drug-likeness (QED) is 0.0608. The van der Waals surface area contributed by atoms with Crippen molar-refractivity contribution in [3.05, 3.63) is 175 Å². The molecule has 0 amide bonds. The van der Waals surface area contributed by atoms with Crippen LogP contribution < -0.4 is 11.1 Å². The molecule has 0 saturated heterocycles. The van der Waals surface area contributed by atoms with Crippen molar-refractivity contribution in [2.75, 3.05) is 11.1 Å². The third-order valence-corrected chi connectivity index (χ3v) is 6.56. The van der Waals surface area contributed by atoms with Crippen LogP contribution in [-0.4, -0.2) is 23.4 Å². The van der Waals surface area contributed by atoms with Gasteiger partial charge in [0.1, 0.15) is 19.7 Å². The minimum absolute atomic E-state index is 0.553. The number of anilines is 3. The number of aldehydes is 1. The van der Waals surface area contributed by atoms with Crippen LogP contribution in [0.1, 0.15) is 10.4 Å². The first-order chi connectivity index (χ1) is 22.6. The average molecular weight is 730 g/mol. The van der Waals surface area contributed by atoms with Gasteiger partial charge in [-0.3, -0.25) is 9.36 Å². The van der Waals surface area contributed by atoms with E-state index in [1.165, 1.54) is 0 Å². The van der Waals surface area contributed by atoms with Gasteiger partial charge in [0.05, 0.1) is 22.4 Å². The first kappa shape index (κ1) is 34.2. The minimum Gasteiger partial charge on any atom is -0.397 e. The molecule has 46 heavy (non-hydrogen) atoms. The standard InChI is InChI=1S/C19H14N2.C12H12N2.C7H6O.BHIP/c1-3-9-15(10-4-1)19-20-17-13-7-8-14-18(17)21(19)16-11-5-2-6-12-16;13-11-8-4-5-9-12(11)14-10-6-2-1-3-7-10;8-6-7-4-2-1-3-5-7;1-3-2/h1-14H;1-9,14H,13H2;1-6H;3H. The van der Waals surface area contributed by atoms with Gasteiger partial charge in [-0.15, -0.1) is 6.10 Å². The van der Waals surface area contributed by atoms with E-state index in [1.807, 2.05) is 103 Å². The number of carbonyl (C=O) groups excluding carboxylic acids is 1. The SMILES string of the molecule is Nc1ccccc1Nc1ccccc1.O=Cc1ccccc1.[B]PI.c1ccc(-c2nc3ccccc3n2-c2ccccc2)cc1. The molecule has 6 aromatic carbocycles. The number of aromatic nitrogens is 2. The Labute approximate surface area is 286 Å². The highest BCUT2D eigenvalue weighted by Gasteiger charge is 2.13. The highest BCUT2D eigenvalue weighted by molar-refractivity contribution is 14.2. The van der Waals surface area contributed by atoms with Crippen LogP contribution in [-0.2, 0) is 0 Å². The molecule has 1 heterocycles. The van der Waals surface area contributed by atoms with Crippen molar-refractivity contribution >= 4 is 70.1 Å².